The van der Waals surface area contributed by atoms with Crippen molar-refractivity contribution in [2.75, 3.05) is 6.61 Å². The van der Waals surface area contributed by atoms with Gasteiger partial charge in [-0.1, -0.05) is 0 Å². The third kappa shape index (κ3) is 6.80. The number of amides is 1. The van der Waals surface area contributed by atoms with Gasteiger partial charge >= 0.3 is 57.0 Å². The second-order valence-corrected chi connectivity index (χ2v) is 8.02. The molecule has 3 N–H and O–H groups in total. The fraction of sp³-hybridized carbons (Fsp3) is 0.444. The molecule has 1 aliphatic heterocycles. The molecule has 0 aliphatic carbocycles. The van der Waals surface area contributed by atoms with Gasteiger partial charge in [0.05, 0.1) is 6.61 Å². The number of rotatable bonds is 6. The van der Waals surface area contributed by atoms with Crippen molar-refractivity contribution in [1.82, 2.24) is 5.32 Å². The molecule has 2 heterocycles. The normalized spacial score (nSPS) is 25.7. The van der Waals surface area contributed by atoms with E-state index in [-0.39, 0.29) is 62.7 Å². The van der Waals surface area contributed by atoms with Crippen LogP contribution in [-0.2, 0) is 24.1 Å². The van der Waals surface area contributed by atoms with E-state index in [1.54, 1.807) is 13.0 Å². The summed E-state index contributed by atoms with van der Waals surface area (Å²) < 4.78 is 52.6. The zero-order chi connectivity index (χ0) is 22.9. The van der Waals surface area contributed by atoms with Crippen LogP contribution in [0.15, 0.2) is 33.5 Å². The fourth-order valence-electron chi connectivity index (χ4n) is 3.22. The van der Waals surface area contributed by atoms with E-state index in [0.717, 1.165) is 0 Å². The van der Waals surface area contributed by atoms with E-state index in [4.69, 9.17) is 13.9 Å². The summed E-state index contributed by atoms with van der Waals surface area (Å²) in [4.78, 5) is 23.2. The molecule has 1 amide bonds. The fourth-order valence-corrected chi connectivity index (χ4v) is 3.52. The third-order valence-electron chi connectivity index (χ3n) is 4.62. The SMILES string of the molecule is CC(=O)N[C@H]1[C@@H](Oc2ccc3c(C)cc(=O)oc3c2)O[C@H](COS(=O)(=O)[O-])[C@@H](O)[C@@H]1O.[K+]. The Hall–Kier alpha value is -0.914. The van der Waals surface area contributed by atoms with Crippen LogP contribution in [0.2, 0.25) is 0 Å². The standard InChI is InChI=1S/C18H21NO11S.K/c1-8-5-14(21)29-12-6-10(3-4-11(8)12)28-18-15(19-9(2)20)17(23)16(22)13(30-18)7-27-31(24,25)26;/h3-6,13,15-18,22-23H,7H2,1-2H3,(H,19,20)(H,24,25,26);/q;+1/p-1/t13-,15-,16-,17-,18+;/m1./s1. The minimum atomic E-state index is -5.08. The molecule has 0 bridgehead atoms. The molecule has 170 valence electrons. The summed E-state index contributed by atoms with van der Waals surface area (Å²) in [5.41, 5.74) is 0.325. The number of benzene rings is 1. The van der Waals surface area contributed by atoms with Crippen LogP contribution in [-0.4, -0.2) is 66.3 Å². The molecule has 1 aliphatic rings. The summed E-state index contributed by atoms with van der Waals surface area (Å²) in [6, 6.07) is 4.60. The predicted molar refractivity (Wildman–Crippen MR) is 102 cm³/mol. The summed E-state index contributed by atoms with van der Waals surface area (Å²) in [6.45, 7) is 2.01. The first-order valence-corrected chi connectivity index (χ1v) is 10.4. The van der Waals surface area contributed by atoms with Crippen molar-refractivity contribution in [3.8, 4) is 5.75 Å². The first-order chi connectivity index (χ1) is 14.4. The maximum atomic E-state index is 11.6. The van der Waals surface area contributed by atoms with Crippen molar-refractivity contribution < 1.29 is 97.4 Å². The van der Waals surface area contributed by atoms with Crippen molar-refractivity contribution in [3.63, 3.8) is 0 Å². The second-order valence-electron chi connectivity index (χ2n) is 6.97. The van der Waals surface area contributed by atoms with Crippen LogP contribution >= 0.6 is 0 Å². The number of hydrogen-bond donors (Lipinski definition) is 3. The molecule has 32 heavy (non-hydrogen) atoms. The van der Waals surface area contributed by atoms with Crippen LogP contribution < -0.4 is 67.1 Å². The maximum Gasteiger partial charge on any atom is 1.00 e. The van der Waals surface area contributed by atoms with Gasteiger partial charge in [0.15, 0.2) is 0 Å². The molecule has 5 atom stereocenters. The van der Waals surface area contributed by atoms with Crippen molar-refractivity contribution in [1.29, 1.82) is 0 Å². The predicted octanol–water partition coefficient (Wildman–Crippen LogP) is -4.09. The van der Waals surface area contributed by atoms with E-state index in [1.165, 1.54) is 25.1 Å². The monoisotopic (exact) mass is 497 g/mol. The summed E-state index contributed by atoms with van der Waals surface area (Å²) >= 11 is 0. The Bertz CT molecular complexity index is 1140. The number of aliphatic hydroxyl groups excluding tert-OH is 2. The number of aryl methyl sites for hydroxylation is 1. The van der Waals surface area contributed by atoms with E-state index < -0.39 is 59.2 Å². The Morgan fingerprint density at radius 3 is 2.56 bits per heavy atom. The molecule has 14 heteroatoms. The van der Waals surface area contributed by atoms with Gasteiger partial charge in [0.1, 0.15) is 35.7 Å². The molecule has 1 aromatic heterocycles. The van der Waals surface area contributed by atoms with Gasteiger partial charge in [0.2, 0.25) is 22.6 Å². The first kappa shape index (κ1) is 27.3. The van der Waals surface area contributed by atoms with Crippen molar-refractivity contribution in [2.45, 2.75) is 44.5 Å². The molecule has 1 saturated heterocycles. The molecule has 0 spiro atoms. The minimum Gasteiger partial charge on any atom is -0.726 e. The Morgan fingerprint density at radius 1 is 1.25 bits per heavy atom. The first-order valence-electron chi connectivity index (χ1n) is 9.05. The Morgan fingerprint density at radius 2 is 1.94 bits per heavy atom. The van der Waals surface area contributed by atoms with Crippen LogP contribution in [0.4, 0.5) is 0 Å². The molecule has 0 radical (unpaired) electrons. The number of carbonyl (C=O) groups is 1. The average Bonchev–Trinajstić information content (AvgIpc) is 2.65. The van der Waals surface area contributed by atoms with E-state index in [2.05, 4.69) is 9.50 Å². The van der Waals surface area contributed by atoms with Gasteiger partial charge in [-0.2, -0.15) is 0 Å². The Kier molecular flexibility index (Phi) is 9.40. The quantitative estimate of drug-likeness (QED) is 0.153. The number of nitrogens with one attached hydrogen (secondary N) is 1. The zero-order valence-electron chi connectivity index (χ0n) is 17.4. The Labute approximate surface area is 225 Å². The van der Waals surface area contributed by atoms with Crippen LogP contribution in [0.25, 0.3) is 11.0 Å². The molecule has 12 nitrogen and oxygen atoms in total. The summed E-state index contributed by atoms with van der Waals surface area (Å²) in [5.74, 6) is -0.438. The van der Waals surface area contributed by atoms with E-state index >= 15 is 0 Å². The van der Waals surface area contributed by atoms with Gasteiger partial charge in [0.25, 0.3) is 0 Å². The van der Waals surface area contributed by atoms with Crippen molar-refractivity contribution in [3.05, 3.63) is 40.2 Å². The molecular formula is C18H20KNO11S. The minimum absolute atomic E-state index is 0. The Balaban J connectivity index is 0.00000363. The van der Waals surface area contributed by atoms with Crippen molar-refractivity contribution >= 4 is 27.3 Å². The van der Waals surface area contributed by atoms with Crippen LogP contribution in [0.5, 0.6) is 5.75 Å². The largest absolute Gasteiger partial charge is 1.00 e. The van der Waals surface area contributed by atoms with Gasteiger partial charge in [0, 0.05) is 24.4 Å². The molecule has 1 fully saturated rings. The molecule has 2 aromatic rings. The summed E-state index contributed by atoms with van der Waals surface area (Å²) in [7, 11) is -5.08. The number of aliphatic hydroxyl groups is 2. The number of hydrogen-bond acceptors (Lipinski definition) is 11. The van der Waals surface area contributed by atoms with Crippen molar-refractivity contribution in [2.24, 2.45) is 0 Å². The smallest absolute Gasteiger partial charge is 0.726 e. The van der Waals surface area contributed by atoms with Gasteiger partial charge in [-0.3, -0.25) is 8.98 Å². The number of fused-ring (bicyclic) bond motifs is 1. The second kappa shape index (κ2) is 11.0. The van der Waals surface area contributed by atoms with E-state index in [9.17, 15) is 32.8 Å². The van der Waals surface area contributed by atoms with Crippen LogP contribution in [0.3, 0.4) is 0 Å². The van der Waals surface area contributed by atoms with Gasteiger partial charge in [-0.25, -0.2) is 13.2 Å². The van der Waals surface area contributed by atoms with E-state index in [0.29, 0.717) is 10.9 Å². The third-order valence-corrected chi connectivity index (χ3v) is 5.05. The molecular weight excluding hydrogens is 477 g/mol. The zero-order valence-corrected chi connectivity index (χ0v) is 21.3. The molecule has 3 rings (SSSR count). The van der Waals surface area contributed by atoms with Gasteiger partial charge < -0.3 is 34.0 Å². The molecule has 0 unspecified atom stereocenters. The topological polar surface area (TPSA) is 185 Å². The summed E-state index contributed by atoms with van der Waals surface area (Å²) in [6.07, 6.45) is -6.23. The van der Waals surface area contributed by atoms with Gasteiger partial charge in [-0.15, -0.1) is 0 Å². The molecule has 1 aromatic carbocycles. The maximum absolute atomic E-state index is 11.6. The van der Waals surface area contributed by atoms with Crippen LogP contribution in [0.1, 0.15) is 12.5 Å². The average molecular weight is 498 g/mol. The number of carbonyl (C=O) groups excluding carboxylic acids is 1. The number of ether oxygens (including phenoxy) is 2. The van der Waals surface area contributed by atoms with E-state index in [1.807, 2.05) is 0 Å². The van der Waals surface area contributed by atoms with Crippen LogP contribution in [0, 0.1) is 6.92 Å². The molecule has 0 saturated carbocycles. The summed E-state index contributed by atoms with van der Waals surface area (Å²) in [5, 5.41) is 23.6. The van der Waals surface area contributed by atoms with Gasteiger partial charge in [-0.05, 0) is 24.6 Å².